The van der Waals surface area contributed by atoms with Crippen molar-refractivity contribution in [2.45, 2.75) is 26.3 Å². The molecule has 1 amide bonds. The number of phenols is 1. The van der Waals surface area contributed by atoms with E-state index in [1.54, 1.807) is 12.1 Å². The lowest BCUT2D eigenvalue weighted by atomic mass is 9.84. The number of likely N-dealkylation sites (tertiary alicyclic amines) is 1. The zero-order valence-corrected chi connectivity index (χ0v) is 12.3. The van der Waals surface area contributed by atoms with Crippen LogP contribution in [0.1, 0.15) is 29.8 Å². The van der Waals surface area contributed by atoms with E-state index < -0.39 is 0 Å². The van der Waals surface area contributed by atoms with Crippen LogP contribution in [-0.2, 0) is 0 Å². The molecule has 0 aromatic heterocycles. The molecular formula is C16H22N2O2. The van der Waals surface area contributed by atoms with Crippen molar-refractivity contribution in [3.8, 4) is 5.75 Å². The number of fused-ring (bicyclic) bond motifs is 1. The second-order valence-electron chi connectivity index (χ2n) is 6.61. The Bertz CT molecular complexity index is 553. The molecule has 0 bridgehead atoms. The maximum Gasteiger partial charge on any atom is 0.258 e. The normalized spacial score (nSPS) is 27.6. The number of aryl methyl sites for hydroxylation is 1. The molecule has 2 heterocycles. The molecule has 2 atom stereocenters. The highest BCUT2D eigenvalue weighted by molar-refractivity contribution is 5.97. The first-order valence-electron chi connectivity index (χ1n) is 7.23. The van der Waals surface area contributed by atoms with E-state index in [-0.39, 0.29) is 17.2 Å². The molecule has 4 heteroatoms. The zero-order valence-electron chi connectivity index (χ0n) is 12.3. The van der Waals surface area contributed by atoms with Crippen LogP contribution in [0.5, 0.6) is 5.75 Å². The highest BCUT2D eigenvalue weighted by Crippen LogP contribution is 2.41. The summed E-state index contributed by atoms with van der Waals surface area (Å²) in [7, 11) is 0. The minimum absolute atomic E-state index is 0.0538. The first kappa shape index (κ1) is 13.4. The molecule has 2 saturated heterocycles. The second-order valence-corrected chi connectivity index (χ2v) is 6.61. The molecule has 20 heavy (non-hydrogen) atoms. The molecule has 108 valence electrons. The maximum atomic E-state index is 12.8. The van der Waals surface area contributed by atoms with E-state index in [9.17, 15) is 9.90 Å². The summed E-state index contributed by atoms with van der Waals surface area (Å²) < 4.78 is 0. The van der Waals surface area contributed by atoms with Crippen LogP contribution >= 0.6 is 0 Å². The van der Waals surface area contributed by atoms with E-state index in [1.165, 1.54) is 0 Å². The van der Waals surface area contributed by atoms with Gasteiger partial charge < -0.3 is 15.3 Å². The van der Waals surface area contributed by atoms with Crippen LogP contribution in [0.25, 0.3) is 0 Å². The number of phenolic OH excluding ortho intramolecular Hbond substituents is 1. The first-order valence-corrected chi connectivity index (χ1v) is 7.23. The number of benzene rings is 1. The second kappa shape index (κ2) is 4.48. The highest BCUT2D eigenvalue weighted by Gasteiger charge is 2.51. The van der Waals surface area contributed by atoms with Gasteiger partial charge in [-0.1, -0.05) is 6.07 Å². The van der Waals surface area contributed by atoms with Crippen molar-refractivity contribution in [2.24, 2.45) is 11.8 Å². The SMILES string of the molecule is Cc1ccc(C(=O)N2CC3CNCC3C2(C)C)c(O)c1. The third kappa shape index (κ3) is 1.90. The van der Waals surface area contributed by atoms with Gasteiger partial charge in [0.25, 0.3) is 5.91 Å². The number of aromatic hydroxyl groups is 1. The standard InChI is InChI=1S/C16H22N2O2/c1-10-4-5-12(14(19)6-10)15(20)18-9-11-7-17-8-13(11)16(18,2)3/h4-6,11,13,17,19H,7-9H2,1-3H3. The van der Waals surface area contributed by atoms with Gasteiger partial charge in [-0.2, -0.15) is 0 Å². The summed E-state index contributed by atoms with van der Waals surface area (Å²) in [5, 5.41) is 13.4. The van der Waals surface area contributed by atoms with Gasteiger partial charge >= 0.3 is 0 Å². The smallest absolute Gasteiger partial charge is 0.258 e. The van der Waals surface area contributed by atoms with E-state index in [0.29, 0.717) is 17.4 Å². The van der Waals surface area contributed by atoms with Crippen LogP contribution in [-0.4, -0.2) is 41.1 Å². The Balaban J connectivity index is 1.91. The molecule has 4 nitrogen and oxygen atoms in total. The predicted octanol–water partition coefficient (Wildman–Crippen LogP) is 1.77. The molecule has 0 saturated carbocycles. The molecule has 0 spiro atoms. The van der Waals surface area contributed by atoms with Crippen molar-refractivity contribution in [1.29, 1.82) is 0 Å². The van der Waals surface area contributed by atoms with Gasteiger partial charge in [-0.25, -0.2) is 0 Å². The third-order valence-electron chi connectivity index (χ3n) is 4.99. The number of rotatable bonds is 1. The number of carbonyl (C=O) groups is 1. The van der Waals surface area contributed by atoms with Crippen molar-refractivity contribution in [3.05, 3.63) is 29.3 Å². The van der Waals surface area contributed by atoms with Crippen LogP contribution in [0.4, 0.5) is 0 Å². The summed E-state index contributed by atoms with van der Waals surface area (Å²) >= 11 is 0. The van der Waals surface area contributed by atoms with Crippen LogP contribution < -0.4 is 5.32 Å². The van der Waals surface area contributed by atoms with Crippen molar-refractivity contribution in [2.75, 3.05) is 19.6 Å². The van der Waals surface area contributed by atoms with E-state index >= 15 is 0 Å². The lowest BCUT2D eigenvalue weighted by Gasteiger charge is -2.35. The first-order chi connectivity index (χ1) is 9.41. The van der Waals surface area contributed by atoms with Crippen LogP contribution in [0.3, 0.4) is 0 Å². The Labute approximate surface area is 119 Å². The van der Waals surface area contributed by atoms with Gasteiger partial charge in [0.1, 0.15) is 5.75 Å². The number of carbonyl (C=O) groups excluding carboxylic acids is 1. The summed E-state index contributed by atoms with van der Waals surface area (Å²) in [6.45, 7) is 8.90. The molecule has 1 aromatic carbocycles. The van der Waals surface area contributed by atoms with E-state index in [1.807, 2.05) is 17.9 Å². The van der Waals surface area contributed by atoms with Gasteiger partial charge in [-0.05, 0) is 50.3 Å². The number of amides is 1. The molecule has 2 aliphatic heterocycles. The summed E-state index contributed by atoms with van der Waals surface area (Å²) in [4.78, 5) is 14.7. The number of hydrogen-bond donors (Lipinski definition) is 2. The molecule has 2 aliphatic rings. The Morgan fingerprint density at radius 2 is 2.15 bits per heavy atom. The summed E-state index contributed by atoms with van der Waals surface area (Å²) in [6, 6.07) is 5.26. The minimum Gasteiger partial charge on any atom is -0.507 e. The van der Waals surface area contributed by atoms with Gasteiger partial charge in [-0.3, -0.25) is 4.79 Å². The number of nitrogens with zero attached hydrogens (tertiary/aromatic N) is 1. The third-order valence-corrected chi connectivity index (χ3v) is 4.99. The topological polar surface area (TPSA) is 52.6 Å². The van der Waals surface area contributed by atoms with E-state index in [4.69, 9.17) is 0 Å². The lowest BCUT2D eigenvalue weighted by molar-refractivity contribution is 0.0600. The zero-order chi connectivity index (χ0) is 14.5. The van der Waals surface area contributed by atoms with Gasteiger partial charge in [-0.15, -0.1) is 0 Å². The fraction of sp³-hybridized carbons (Fsp3) is 0.562. The largest absolute Gasteiger partial charge is 0.507 e. The fourth-order valence-electron chi connectivity index (χ4n) is 3.73. The molecule has 2 N–H and O–H groups in total. The van der Waals surface area contributed by atoms with E-state index in [2.05, 4.69) is 19.2 Å². The summed E-state index contributed by atoms with van der Waals surface area (Å²) in [5.74, 6) is 1.06. The highest BCUT2D eigenvalue weighted by atomic mass is 16.3. The van der Waals surface area contributed by atoms with Crippen LogP contribution in [0.15, 0.2) is 18.2 Å². The fourth-order valence-corrected chi connectivity index (χ4v) is 3.73. The average Bonchev–Trinajstić information content (AvgIpc) is 2.91. The average molecular weight is 274 g/mol. The van der Waals surface area contributed by atoms with Gasteiger partial charge in [0.05, 0.1) is 5.56 Å². The summed E-state index contributed by atoms with van der Waals surface area (Å²) in [5.41, 5.74) is 1.21. The van der Waals surface area contributed by atoms with Crippen molar-refractivity contribution < 1.29 is 9.90 Å². The lowest BCUT2D eigenvalue weighted by Crippen LogP contribution is -2.47. The van der Waals surface area contributed by atoms with Gasteiger partial charge in [0, 0.05) is 25.2 Å². The molecule has 3 rings (SSSR count). The molecule has 2 fully saturated rings. The monoisotopic (exact) mass is 274 g/mol. The molecule has 0 radical (unpaired) electrons. The van der Waals surface area contributed by atoms with Gasteiger partial charge in [0.2, 0.25) is 0 Å². The van der Waals surface area contributed by atoms with Gasteiger partial charge in [0.15, 0.2) is 0 Å². The van der Waals surface area contributed by atoms with E-state index in [0.717, 1.165) is 25.2 Å². The molecule has 0 aliphatic carbocycles. The van der Waals surface area contributed by atoms with Crippen molar-refractivity contribution in [3.63, 3.8) is 0 Å². The Morgan fingerprint density at radius 3 is 2.80 bits per heavy atom. The van der Waals surface area contributed by atoms with Crippen molar-refractivity contribution >= 4 is 5.91 Å². The molecular weight excluding hydrogens is 252 g/mol. The Morgan fingerprint density at radius 1 is 1.40 bits per heavy atom. The van der Waals surface area contributed by atoms with Crippen LogP contribution in [0, 0.1) is 18.8 Å². The minimum atomic E-state index is -0.164. The van der Waals surface area contributed by atoms with Crippen molar-refractivity contribution in [1.82, 2.24) is 10.2 Å². The predicted molar refractivity (Wildman–Crippen MR) is 77.8 cm³/mol. The molecule has 1 aromatic rings. The Hall–Kier alpha value is -1.55. The maximum absolute atomic E-state index is 12.8. The quantitative estimate of drug-likeness (QED) is 0.820. The van der Waals surface area contributed by atoms with Crippen LogP contribution in [0.2, 0.25) is 0 Å². The molecule has 2 unspecified atom stereocenters. The Kier molecular flexibility index (Phi) is 3.01. The number of nitrogens with one attached hydrogen (secondary N) is 1. The summed E-state index contributed by atoms with van der Waals surface area (Å²) in [6.07, 6.45) is 0. The number of hydrogen-bond acceptors (Lipinski definition) is 3.